The first-order chi connectivity index (χ1) is 13.9. The van der Waals surface area contributed by atoms with Crippen molar-refractivity contribution in [2.24, 2.45) is 0 Å². The summed E-state index contributed by atoms with van der Waals surface area (Å²) in [6.07, 6.45) is -0.814. The number of phenols is 1. The zero-order chi connectivity index (χ0) is 22.3. The first kappa shape index (κ1) is 21.6. The molecule has 0 bridgehead atoms. The van der Waals surface area contributed by atoms with Gasteiger partial charge in [-0.25, -0.2) is 21.6 Å². The third kappa shape index (κ3) is 4.09. The quantitative estimate of drug-likeness (QED) is 0.644. The van der Waals surface area contributed by atoms with Gasteiger partial charge >= 0.3 is 6.09 Å². The van der Waals surface area contributed by atoms with Gasteiger partial charge in [0, 0.05) is 11.5 Å². The monoisotopic (exact) mass is 438 g/mol. The number of alkyl carbamates (subject to hydrolysis) is 1. The van der Waals surface area contributed by atoms with E-state index in [1.165, 1.54) is 24.3 Å². The largest absolute Gasteiger partial charge is 0.505 e. The van der Waals surface area contributed by atoms with Crippen LogP contribution in [0, 0.1) is 11.6 Å². The molecule has 3 aromatic rings. The summed E-state index contributed by atoms with van der Waals surface area (Å²) in [4.78, 5) is 11.9. The molecule has 1 amide bonds. The molecule has 0 saturated heterocycles. The molecule has 0 unspecified atom stereocenters. The van der Waals surface area contributed by atoms with Gasteiger partial charge in [0.25, 0.3) is 10.0 Å². The Morgan fingerprint density at radius 3 is 2.37 bits per heavy atom. The minimum Gasteiger partial charge on any atom is -0.505 e. The highest BCUT2D eigenvalue weighted by Crippen LogP contribution is 2.33. The van der Waals surface area contributed by atoms with Crippen LogP contribution in [0.3, 0.4) is 0 Å². The van der Waals surface area contributed by atoms with Gasteiger partial charge in [0.2, 0.25) is 5.82 Å². The Morgan fingerprint density at radius 1 is 1.13 bits per heavy atom. The number of halogens is 2. The lowest BCUT2D eigenvalue weighted by molar-refractivity contribution is 0.0522. The van der Waals surface area contributed by atoms with Crippen LogP contribution >= 0.6 is 0 Å². The number of nitrogens with zero attached hydrogens (tertiary/aromatic N) is 1. The number of benzene rings is 2. The maximum absolute atomic E-state index is 14.4. The lowest BCUT2D eigenvalue weighted by atomic mass is 10.2. The fourth-order valence-electron chi connectivity index (χ4n) is 2.88. The number of nitrogens with one attached hydrogen (secondary N) is 1. The number of rotatable bonds is 4. The highest BCUT2D eigenvalue weighted by atomic mass is 32.2. The summed E-state index contributed by atoms with van der Waals surface area (Å²) in [6.45, 7) is 4.62. The van der Waals surface area contributed by atoms with Gasteiger partial charge in [0.15, 0.2) is 11.6 Å². The SMILES string of the molecule is CC(C)(C)OC(=O)NCc1cc2c(F)c(F)c(O)cc2n1S(=O)(=O)c1ccccc1. The van der Waals surface area contributed by atoms with Gasteiger partial charge in [-0.3, -0.25) is 0 Å². The third-order valence-electron chi connectivity index (χ3n) is 4.09. The second-order valence-electron chi connectivity index (χ2n) is 7.53. The standard InChI is InChI=1S/C20H20F2N2O5S/c1-20(2,3)29-19(26)23-11-12-9-14-15(10-16(25)18(22)17(14)21)24(12)30(27,28)13-7-5-4-6-8-13/h4-10,25H,11H2,1-3H3,(H,23,26). The Bertz CT molecular complexity index is 1220. The van der Waals surface area contributed by atoms with E-state index in [0.717, 1.165) is 16.1 Å². The highest BCUT2D eigenvalue weighted by Gasteiger charge is 2.27. The lowest BCUT2D eigenvalue weighted by Gasteiger charge is -2.20. The topological polar surface area (TPSA) is 97.6 Å². The predicted octanol–water partition coefficient (Wildman–Crippen LogP) is 3.89. The van der Waals surface area contributed by atoms with Crippen LogP contribution in [0.15, 0.2) is 47.4 Å². The van der Waals surface area contributed by atoms with E-state index in [9.17, 15) is 27.1 Å². The number of hydrogen-bond acceptors (Lipinski definition) is 5. The summed E-state index contributed by atoms with van der Waals surface area (Å²) in [6, 6.07) is 9.25. The second-order valence-corrected chi connectivity index (χ2v) is 9.32. The van der Waals surface area contributed by atoms with Crippen LogP contribution in [0.1, 0.15) is 26.5 Å². The minimum absolute atomic E-state index is 0.0522. The Kier molecular flexibility index (Phi) is 5.46. The van der Waals surface area contributed by atoms with Crippen molar-refractivity contribution >= 4 is 27.0 Å². The molecule has 0 aliphatic carbocycles. The summed E-state index contributed by atoms with van der Waals surface area (Å²) in [5, 5.41) is 11.7. The molecule has 3 rings (SSSR count). The van der Waals surface area contributed by atoms with E-state index >= 15 is 0 Å². The van der Waals surface area contributed by atoms with Crippen molar-refractivity contribution in [3.63, 3.8) is 0 Å². The van der Waals surface area contributed by atoms with Crippen molar-refractivity contribution in [1.82, 2.24) is 9.29 Å². The Morgan fingerprint density at radius 2 is 1.77 bits per heavy atom. The number of hydrogen-bond donors (Lipinski definition) is 2. The zero-order valence-electron chi connectivity index (χ0n) is 16.4. The molecular formula is C20H20F2N2O5S. The lowest BCUT2D eigenvalue weighted by Crippen LogP contribution is -2.33. The summed E-state index contributed by atoms with van der Waals surface area (Å²) in [5.41, 5.74) is -1.10. The summed E-state index contributed by atoms with van der Waals surface area (Å²) < 4.78 is 60.6. The van der Waals surface area contributed by atoms with E-state index in [-0.39, 0.29) is 28.0 Å². The number of aromatic hydroxyl groups is 1. The molecule has 0 radical (unpaired) electrons. The average molecular weight is 438 g/mol. The zero-order valence-corrected chi connectivity index (χ0v) is 17.3. The third-order valence-corrected chi connectivity index (χ3v) is 5.87. The van der Waals surface area contributed by atoms with Gasteiger partial charge < -0.3 is 15.2 Å². The number of ether oxygens (including phenoxy) is 1. The van der Waals surface area contributed by atoms with Crippen molar-refractivity contribution in [1.29, 1.82) is 0 Å². The van der Waals surface area contributed by atoms with Gasteiger partial charge in [-0.2, -0.15) is 4.39 Å². The van der Waals surface area contributed by atoms with Crippen LogP contribution in [0.4, 0.5) is 13.6 Å². The molecule has 1 aromatic heterocycles. The van der Waals surface area contributed by atoms with Crippen LogP contribution in [0.5, 0.6) is 5.75 Å². The fraction of sp³-hybridized carbons (Fsp3) is 0.250. The van der Waals surface area contributed by atoms with E-state index in [0.29, 0.717) is 0 Å². The Hall–Kier alpha value is -3.14. The number of aromatic nitrogens is 1. The second kappa shape index (κ2) is 7.60. The molecule has 160 valence electrons. The van der Waals surface area contributed by atoms with Gasteiger partial charge in [-0.1, -0.05) is 18.2 Å². The maximum Gasteiger partial charge on any atom is 0.407 e. The highest BCUT2D eigenvalue weighted by molar-refractivity contribution is 7.90. The number of carbonyl (C=O) groups excluding carboxylic acids is 1. The first-order valence-corrected chi connectivity index (χ1v) is 10.3. The van der Waals surface area contributed by atoms with Crippen molar-refractivity contribution in [2.45, 2.75) is 37.8 Å². The molecule has 10 heteroatoms. The number of amides is 1. The van der Waals surface area contributed by atoms with Crippen LogP contribution in [-0.4, -0.2) is 29.2 Å². The fourth-order valence-corrected chi connectivity index (χ4v) is 4.43. The van der Waals surface area contributed by atoms with Gasteiger partial charge in [-0.05, 0) is 39.0 Å². The molecule has 0 spiro atoms. The average Bonchev–Trinajstić information content (AvgIpc) is 3.03. The van der Waals surface area contributed by atoms with E-state index in [2.05, 4.69) is 5.32 Å². The smallest absolute Gasteiger partial charge is 0.407 e. The van der Waals surface area contributed by atoms with Gasteiger partial charge in [-0.15, -0.1) is 0 Å². The van der Waals surface area contributed by atoms with Crippen LogP contribution in [0.25, 0.3) is 10.9 Å². The van der Waals surface area contributed by atoms with Crippen LogP contribution in [-0.2, 0) is 21.3 Å². The number of carbonyl (C=O) groups is 1. The van der Waals surface area contributed by atoms with E-state index < -0.39 is 39.1 Å². The molecule has 2 N–H and O–H groups in total. The molecule has 7 nitrogen and oxygen atoms in total. The van der Waals surface area contributed by atoms with Crippen molar-refractivity contribution in [2.75, 3.05) is 0 Å². The molecule has 30 heavy (non-hydrogen) atoms. The Balaban J connectivity index is 2.16. The number of fused-ring (bicyclic) bond motifs is 1. The van der Waals surface area contributed by atoms with E-state index in [1.54, 1.807) is 26.8 Å². The molecule has 2 aromatic carbocycles. The molecular weight excluding hydrogens is 418 g/mol. The molecule has 0 saturated carbocycles. The predicted molar refractivity (Wildman–Crippen MR) is 106 cm³/mol. The first-order valence-electron chi connectivity index (χ1n) is 8.90. The van der Waals surface area contributed by atoms with Crippen LogP contribution < -0.4 is 5.32 Å². The van der Waals surface area contributed by atoms with Crippen molar-refractivity contribution in [3.05, 3.63) is 59.8 Å². The summed E-state index contributed by atoms with van der Waals surface area (Å²) >= 11 is 0. The normalized spacial score (nSPS) is 12.2. The Labute approximate surface area is 171 Å². The summed E-state index contributed by atoms with van der Waals surface area (Å²) in [5.74, 6) is -3.93. The minimum atomic E-state index is -4.26. The van der Waals surface area contributed by atoms with Crippen molar-refractivity contribution in [3.8, 4) is 5.75 Å². The molecule has 0 atom stereocenters. The molecule has 0 aliphatic rings. The maximum atomic E-state index is 14.4. The molecule has 0 aliphatic heterocycles. The van der Waals surface area contributed by atoms with Gasteiger partial charge in [0.05, 0.1) is 22.7 Å². The van der Waals surface area contributed by atoms with Crippen LogP contribution in [0.2, 0.25) is 0 Å². The molecule has 0 fully saturated rings. The molecule has 1 heterocycles. The van der Waals surface area contributed by atoms with E-state index in [1.807, 2.05) is 0 Å². The van der Waals surface area contributed by atoms with E-state index in [4.69, 9.17) is 4.74 Å². The summed E-state index contributed by atoms with van der Waals surface area (Å²) in [7, 11) is -4.26. The number of phenolic OH excluding ortho intramolecular Hbond substituents is 1. The van der Waals surface area contributed by atoms with Gasteiger partial charge in [0.1, 0.15) is 5.60 Å². The van der Waals surface area contributed by atoms with Crippen molar-refractivity contribution < 1.29 is 31.8 Å².